The van der Waals surface area contributed by atoms with Crippen LogP contribution in [-0.2, 0) is 32.6 Å². The van der Waals surface area contributed by atoms with Gasteiger partial charge in [0.25, 0.3) is 5.69 Å². The van der Waals surface area contributed by atoms with E-state index in [4.69, 9.17) is 8.42 Å². The Morgan fingerprint density at radius 1 is 1.06 bits per heavy atom. The number of nitro benzene ring substituents is 1. The number of unbranched alkanes of at least 4 members (excludes halogenated alkanes) is 1. The molecular formula is C23H31NO7S2. The van der Waals surface area contributed by atoms with E-state index in [-0.39, 0.29) is 29.2 Å². The summed E-state index contributed by atoms with van der Waals surface area (Å²) >= 11 is -1.42. The van der Waals surface area contributed by atoms with Gasteiger partial charge in [0.1, 0.15) is 17.9 Å². The zero-order valence-corrected chi connectivity index (χ0v) is 20.7. The lowest BCUT2D eigenvalue weighted by atomic mass is 9.79. The molecule has 0 bridgehead atoms. The number of sulfone groups is 1. The highest BCUT2D eigenvalue weighted by atomic mass is 32.2. The predicted molar refractivity (Wildman–Crippen MR) is 129 cm³/mol. The molecule has 0 aliphatic rings. The van der Waals surface area contributed by atoms with Crippen LogP contribution in [0.3, 0.4) is 0 Å². The third-order valence-electron chi connectivity index (χ3n) is 5.68. The Hall–Kier alpha value is -2.59. The molecule has 0 saturated carbocycles. The van der Waals surface area contributed by atoms with E-state index in [0.29, 0.717) is 18.4 Å². The van der Waals surface area contributed by atoms with E-state index in [9.17, 15) is 23.3 Å². The van der Waals surface area contributed by atoms with Gasteiger partial charge in [-0.2, -0.15) is 0 Å². The zero-order valence-electron chi connectivity index (χ0n) is 18.9. The van der Waals surface area contributed by atoms with Crippen molar-refractivity contribution in [2.45, 2.75) is 57.3 Å². The summed E-state index contributed by atoms with van der Waals surface area (Å²) in [5, 5.41) is 11.2. The fraction of sp³-hybridized carbons (Fsp3) is 0.435. The van der Waals surface area contributed by atoms with Gasteiger partial charge < -0.3 is 4.79 Å². The van der Waals surface area contributed by atoms with Gasteiger partial charge in [0, 0.05) is 17.5 Å². The summed E-state index contributed by atoms with van der Waals surface area (Å²) in [4.78, 5) is 22.6. The average molecular weight is 498 g/mol. The number of hydrogen-bond acceptors (Lipinski definition) is 7. The van der Waals surface area contributed by atoms with Crippen LogP contribution in [-0.4, -0.2) is 33.8 Å². The van der Waals surface area contributed by atoms with Crippen LogP contribution in [0.25, 0.3) is 0 Å². The van der Waals surface area contributed by atoms with Gasteiger partial charge in [-0.15, -0.1) is 0 Å². The van der Waals surface area contributed by atoms with Gasteiger partial charge in [-0.05, 0) is 42.9 Å². The zero-order chi connectivity index (χ0) is 24.9. The van der Waals surface area contributed by atoms with Gasteiger partial charge in [0.15, 0.2) is 9.84 Å². The van der Waals surface area contributed by atoms with E-state index in [1.165, 1.54) is 18.2 Å². The third kappa shape index (κ3) is 8.70. The molecule has 2 aromatic rings. The molecule has 0 radical (unpaired) electrons. The number of benzene rings is 2. The summed E-state index contributed by atoms with van der Waals surface area (Å²) in [6, 6.07) is 13.1. The van der Waals surface area contributed by atoms with Crippen LogP contribution < -0.4 is 0 Å². The Kier molecular flexibility index (Phi) is 11.9. The number of nitro groups is 1. The molecule has 8 nitrogen and oxygen atoms in total. The molecule has 1 unspecified atom stereocenters. The number of aldehydes is 1. The van der Waals surface area contributed by atoms with Crippen molar-refractivity contribution >= 4 is 33.4 Å². The first-order chi connectivity index (χ1) is 15.7. The lowest BCUT2D eigenvalue weighted by Gasteiger charge is -2.26. The van der Waals surface area contributed by atoms with Gasteiger partial charge in [0.05, 0.1) is 15.6 Å². The lowest BCUT2D eigenvalue weighted by molar-refractivity contribution is -0.385. The Balaban J connectivity index is 0.00000172. The summed E-state index contributed by atoms with van der Waals surface area (Å²) in [7, 11) is -3.71. The topological polar surface area (TPSA) is 128 Å². The highest BCUT2D eigenvalue weighted by Crippen LogP contribution is 2.33. The van der Waals surface area contributed by atoms with E-state index >= 15 is 0 Å². The van der Waals surface area contributed by atoms with Crippen LogP contribution in [0.5, 0.6) is 0 Å². The quantitative estimate of drug-likeness (QED) is 0.247. The van der Waals surface area contributed by atoms with E-state index in [1.807, 2.05) is 44.2 Å². The SMILES string of the molecule is CCCCC(C=O)(CC)CCS(=O)(=O)c1ccc([N+](=O)[O-])cc1Cc1ccccc1.O=[SH2]=O. The number of carbonyl (C=O) groups excluding carboxylic acids is 1. The van der Waals surface area contributed by atoms with Gasteiger partial charge in [-0.1, -0.05) is 57.0 Å². The monoisotopic (exact) mass is 497 g/mol. The highest BCUT2D eigenvalue weighted by Gasteiger charge is 2.31. The predicted octanol–water partition coefficient (Wildman–Crippen LogP) is 3.93. The lowest BCUT2D eigenvalue weighted by Crippen LogP contribution is -2.26. The van der Waals surface area contributed by atoms with Crippen molar-refractivity contribution < 1.29 is 26.6 Å². The van der Waals surface area contributed by atoms with Crippen LogP contribution in [0, 0.1) is 15.5 Å². The van der Waals surface area contributed by atoms with Gasteiger partial charge >= 0.3 is 0 Å². The maximum Gasteiger partial charge on any atom is 0.269 e. The normalized spacial score (nSPS) is 12.8. The molecule has 0 aliphatic carbocycles. The average Bonchev–Trinajstić information content (AvgIpc) is 2.81. The van der Waals surface area contributed by atoms with E-state index in [0.717, 1.165) is 24.7 Å². The number of rotatable bonds is 12. The second-order valence-electron chi connectivity index (χ2n) is 7.80. The van der Waals surface area contributed by atoms with Crippen molar-refractivity contribution in [2.24, 2.45) is 5.41 Å². The Morgan fingerprint density at radius 3 is 2.21 bits per heavy atom. The second kappa shape index (κ2) is 13.8. The van der Waals surface area contributed by atoms with Crippen molar-refractivity contribution in [3.63, 3.8) is 0 Å². The molecule has 0 N–H and O–H groups in total. The molecule has 0 amide bonds. The molecule has 0 fully saturated rings. The molecule has 0 aromatic heterocycles. The van der Waals surface area contributed by atoms with Gasteiger partial charge in [0.2, 0.25) is 0 Å². The molecule has 2 aromatic carbocycles. The molecule has 0 heterocycles. The molecule has 0 aliphatic heterocycles. The number of nitrogens with zero attached hydrogens (tertiary/aromatic N) is 1. The first kappa shape index (κ1) is 28.4. The molecule has 33 heavy (non-hydrogen) atoms. The fourth-order valence-electron chi connectivity index (χ4n) is 3.59. The van der Waals surface area contributed by atoms with Gasteiger partial charge in [-0.3, -0.25) is 10.1 Å². The summed E-state index contributed by atoms with van der Waals surface area (Å²) in [6.45, 7) is 3.94. The smallest absolute Gasteiger partial charge is 0.269 e. The Morgan fingerprint density at radius 2 is 1.70 bits per heavy atom. The summed E-state index contributed by atoms with van der Waals surface area (Å²) in [5.41, 5.74) is 0.479. The largest absolute Gasteiger partial charge is 0.303 e. The fourth-order valence-corrected chi connectivity index (χ4v) is 5.29. The highest BCUT2D eigenvalue weighted by molar-refractivity contribution is 7.91. The second-order valence-corrected chi connectivity index (χ2v) is 10.0. The van der Waals surface area contributed by atoms with Crippen LogP contribution >= 0.6 is 0 Å². The minimum absolute atomic E-state index is 0.100. The molecule has 182 valence electrons. The van der Waals surface area contributed by atoms with Crippen molar-refractivity contribution in [1.82, 2.24) is 0 Å². The van der Waals surface area contributed by atoms with Crippen LogP contribution in [0.4, 0.5) is 5.69 Å². The van der Waals surface area contributed by atoms with Crippen LogP contribution in [0.15, 0.2) is 53.4 Å². The van der Waals surface area contributed by atoms with Crippen molar-refractivity contribution in [2.75, 3.05) is 5.75 Å². The molecule has 0 saturated heterocycles. The summed E-state index contributed by atoms with van der Waals surface area (Å²) in [6.07, 6.45) is 4.48. The summed E-state index contributed by atoms with van der Waals surface area (Å²) in [5.74, 6) is -0.164. The van der Waals surface area contributed by atoms with Crippen LogP contribution in [0.1, 0.15) is 57.1 Å². The summed E-state index contributed by atoms with van der Waals surface area (Å²) < 4.78 is 43.2. The molecule has 0 spiro atoms. The first-order valence-electron chi connectivity index (χ1n) is 10.7. The Bertz CT molecular complexity index is 1070. The standard InChI is InChI=1S/C23H29NO5S.H2O2S/c1-3-5-13-23(4-2,18-25)14-15-30(28,29)22-12-11-21(24(26)27)17-20(22)16-19-9-7-6-8-10-19;1-3-2/h6-12,17-18H,3-5,13-16H2,1-2H3;3H2. The minimum Gasteiger partial charge on any atom is -0.303 e. The van der Waals surface area contributed by atoms with E-state index < -0.39 is 31.7 Å². The minimum atomic E-state index is -3.71. The number of non-ortho nitro benzene ring substituents is 1. The van der Waals surface area contributed by atoms with Crippen molar-refractivity contribution in [3.8, 4) is 0 Å². The molecule has 1 atom stereocenters. The maximum atomic E-state index is 13.2. The molecular weight excluding hydrogens is 466 g/mol. The molecule has 2 rings (SSSR count). The van der Waals surface area contributed by atoms with Gasteiger partial charge in [-0.25, -0.2) is 16.8 Å². The van der Waals surface area contributed by atoms with Crippen LogP contribution in [0.2, 0.25) is 0 Å². The third-order valence-corrected chi connectivity index (χ3v) is 7.49. The Labute approximate surface area is 198 Å². The number of hydrogen-bond donors (Lipinski definition) is 0. The van der Waals surface area contributed by atoms with Crippen molar-refractivity contribution in [1.29, 1.82) is 0 Å². The molecule has 10 heteroatoms. The van der Waals surface area contributed by atoms with E-state index in [1.54, 1.807) is 0 Å². The van der Waals surface area contributed by atoms with Crippen molar-refractivity contribution in [3.05, 3.63) is 69.8 Å². The number of carbonyl (C=O) groups is 1. The first-order valence-corrected chi connectivity index (χ1v) is 13.1. The maximum absolute atomic E-state index is 13.2. The van der Waals surface area contributed by atoms with E-state index in [2.05, 4.69) is 0 Å².